The summed E-state index contributed by atoms with van der Waals surface area (Å²) in [6.07, 6.45) is 1.84. The zero-order chi connectivity index (χ0) is 21.3. The summed E-state index contributed by atoms with van der Waals surface area (Å²) in [5.41, 5.74) is 2.18. The standard InChI is InChI=1S/C20H25F2N5O3/c1-11-16-8-14(5-6-23-16)25-18-9-17(26-27-18)13-3-4-15(7-13)30-19(28)24-12(2)20(21,22)10-29-11/h5-6,8-9,11-13,15H,3-4,7,10H2,1-2H3,(H,24,28)(H2,25,26,27)/t11-,12+,13+,15-/m1/s1. The highest BCUT2D eigenvalue weighted by Gasteiger charge is 2.39. The van der Waals surface area contributed by atoms with E-state index in [1.165, 1.54) is 6.92 Å². The van der Waals surface area contributed by atoms with E-state index in [1.54, 1.807) is 25.3 Å². The second-order valence-electron chi connectivity index (χ2n) is 7.92. The predicted molar refractivity (Wildman–Crippen MR) is 105 cm³/mol. The van der Waals surface area contributed by atoms with Crippen molar-refractivity contribution in [3.63, 3.8) is 0 Å². The van der Waals surface area contributed by atoms with E-state index in [1.807, 2.05) is 6.07 Å². The number of amides is 1. The zero-order valence-corrected chi connectivity index (χ0v) is 16.8. The number of alkyl halides is 2. The maximum Gasteiger partial charge on any atom is 0.407 e. The van der Waals surface area contributed by atoms with Crippen LogP contribution in [0.25, 0.3) is 0 Å². The van der Waals surface area contributed by atoms with Gasteiger partial charge >= 0.3 is 6.09 Å². The number of aromatic nitrogens is 3. The van der Waals surface area contributed by atoms with E-state index in [2.05, 4.69) is 25.8 Å². The third-order valence-electron chi connectivity index (χ3n) is 5.66. The minimum absolute atomic E-state index is 0.157. The molecule has 2 aromatic rings. The first kappa shape index (κ1) is 20.5. The van der Waals surface area contributed by atoms with Gasteiger partial charge in [-0.2, -0.15) is 5.10 Å². The molecule has 1 aliphatic carbocycles. The number of ether oxygens (including phenoxy) is 2. The lowest BCUT2D eigenvalue weighted by Crippen LogP contribution is -2.48. The topological polar surface area (TPSA) is 101 Å². The second kappa shape index (κ2) is 8.17. The van der Waals surface area contributed by atoms with Gasteiger partial charge in [0.2, 0.25) is 0 Å². The molecular weight excluding hydrogens is 396 g/mol. The molecule has 1 saturated carbocycles. The lowest BCUT2D eigenvalue weighted by molar-refractivity contribution is -0.114. The molecular formula is C20H25F2N5O3. The molecule has 1 aliphatic heterocycles. The number of anilines is 2. The molecule has 2 aliphatic rings. The number of nitrogens with one attached hydrogen (secondary N) is 3. The number of nitrogens with zero attached hydrogens (tertiary/aromatic N) is 2. The van der Waals surface area contributed by atoms with E-state index < -0.39 is 30.8 Å². The molecule has 3 N–H and O–H groups in total. The van der Waals surface area contributed by atoms with Crippen LogP contribution in [0.3, 0.4) is 0 Å². The maximum absolute atomic E-state index is 14.5. The Kier molecular flexibility index (Phi) is 5.59. The summed E-state index contributed by atoms with van der Waals surface area (Å²) in [7, 11) is 0. The van der Waals surface area contributed by atoms with Crippen molar-refractivity contribution in [3.05, 3.63) is 35.8 Å². The Bertz CT molecular complexity index is 906. The Morgan fingerprint density at radius 2 is 2.07 bits per heavy atom. The van der Waals surface area contributed by atoms with Gasteiger partial charge in [-0.05, 0) is 45.2 Å². The molecule has 162 valence electrons. The fourth-order valence-electron chi connectivity index (χ4n) is 3.75. The quantitative estimate of drug-likeness (QED) is 0.594. The molecule has 0 unspecified atom stereocenters. The summed E-state index contributed by atoms with van der Waals surface area (Å²) in [5, 5.41) is 12.8. The Morgan fingerprint density at radius 3 is 2.90 bits per heavy atom. The van der Waals surface area contributed by atoms with Gasteiger partial charge in [0.15, 0.2) is 5.82 Å². The fraction of sp³-hybridized carbons (Fsp3) is 0.550. The van der Waals surface area contributed by atoms with Crippen LogP contribution in [0.4, 0.5) is 25.1 Å². The number of hydrogen-bond acceptors (Lipinski definition) is 6. The molecule has 0 radical (unpaired) electrons. The van der Waals surface area contributed by atoms with E-state index in [0.29, 0.717) is 24.4 Å². The molecule has 0 aromatic carbocycles. The number of alkyl carbamates (subject to hydrolysis) is 1. The molecule has 3 heterocycles. The summed E-state index contributed by atoms with van der Waals surface area (Å²) >= 11 is 0. The van der Waals surface area contributed by atoms with Gasteiger partial charge in [-0.3, -0.25) is 10.1 Å². The van der Waals surface area contributed by atoms with Gasteiger partial charge < -0.3 is 20.1 Å². The molecule has 4 atom stereocenters. The van der Waals surface area contributed by atoms with Crippen molar-refractivity contribution >= 4 is 17.6 Å². The van der Waals surface area contributed by atoms with Gasteiger partial charge in [-0.1, -0.05) is 0 Å². The van der Waals surface area contributed by atoms with Crippen molar-refractivity contribution in [1.29, 1.82) is 0 Å². The molecule has 8 nitrogen and oxygen atoms in total. The van der Waals surface area contributed by atoms with Crippen LogP contribution in [-0.2, 0) is 9.47 Å². The molecule has 30 heavy (non-hydrogen) atoms. The van der Waals surface area contributed by atoms with E-state index in [0.717, 1.165) is 17.8 Å². The number of H-pyrrole nitrogens is 1. The average Bonchev–Trinajstić information content (AvgIpc) is 3.35. The minimum Gasteiger partial charge on any atom is -0.446 e. The third-order valence-corrected chi connectivity index (χ3v) is 5.66. The van der Waals surface area contributed by atoms with Gasteiger partial charge in [0.05, 0.1) is 17.8 Å². The number of carbonyl (C=O) groups excluding carboxylic acids is 1. The highest BCUT2D eigenvalue weighted by molar-refractivity contribution is 5.68. The van der Waals surface area contributed by atoms with Crippen molar-refractivity contribution in [2.75, 3.05) is 11.9 Å². The number of halogens is 2. The van der Waals surface area contributed by atoms with Crippen molar-refractivity contribution < 1.29 is 23.0 Å². The molecule has 2 aromatic heterocycles. The van der Waals surface area contributed by atoms with Crippen LogP contribution in [0.2, 0.25) is 0 Å². The lowest BCUT2D eigenvalue weighted by Gasteiger charge is -2.26. The van der Waals surface area contributed by atoms with Gasteiger partial charge in [0.25, 0.3) is 5.92 Å². The largest absolute Gasteiger partial charge is 0.446 e. The first-order valence-corrected chi connectivity index (χ1v) is 10.0. The molecule has 0 saturated heterocycles. The van der Waals surface area contributed by atoms with E-state index >= 15 is 0 Å². The maximum atomic E-state index is 14.5. The number of carbonyl (C=O) groups is 1. The summed E-state index contributed by atoms with van der Waals surface area (Å²) in [5.74, 6) is -2.47. The molecule has 6 bridgehead atoms. The third kappa shape index (κ3) is 4.53. The van der Waals surface area contributed by atoms with Crippen LogP contribution in [0.1, 0.15) is 56.5 Å². The number of hydrogen-bond donors (Lipinski definition) is 3. The zero-order valence-electron chi connectivity index (χ0n) is 16.8. The Labute approximate surface area is 172 Å². The Morgan fingerprint density at radius 1 is 1.23 bits per heavy atom. The smallest absolute Gasteiger partial charge is 0.407 e. The molecule has 1 fully saturated rings. The number of aromatic amines is 1. The number of rotatable bonds is 0. The van der Waals surface area contributed by atoms with Crippen LogP contribution in [0.15, 0.2) is 24.4 Å². The van der Waals surface area contributed by atoms with Crippen molar-refractivity contribution in [2.45, 2.75) is 63.2 Å². The Balaban J connectivity index is 1.59. The summed E-state index contributed by atoms with van der Waals surface area (Å²) in [4.78, 5) is 16.3. The number of fused-ring (bicyclic) bond motifs is 7. The summed E-state index contributed by atoms with van der Waals surface area (Å²) in [6, 6.07) is 4.00. The van der Waals surface area contributed by atoms with Gasteiger partial charge in [0.1, 0.15) is 12.7 Å². The fourth-order valence-corrected chi connectivity index (χ4v) is 3.75. The average molecular weight is 421 g/mol. The Hall–Kier alpha value is -2.75. The van der Waals surface area contributed by atoms with Gasteiger partial charge in [0, 0.05) is 29.6 Å². The van der Waals surface area contributed by atoms with Crippen molar-refractivity contribution in [1.82, 2.24) is 20.5 Å². The van der Waals surface area contributed by atoms with Gasteiger partial charge in [-0.25, -0.2) is 13.6 Å². The highest BCUT2D eigenvalue weighted by atomic mass is 19.3. The van der Waals surface area contributed by atoms with Crippen LogP contribution in [0.5, 0.6) is 0 Å². The highest BCUT2D eigenvalue weighted by Crippen LogP contribution is 2.36. The van der Waals surface area contributed by atoms with Crippen LogP contribution >= 0.6 is 0 Å². The normalized spacial score (nSPS) is 29.1. The summed E-state index contributed by atoms with van der Waals surface area (Å²) < 4.78 is 39.7. The summed E-state index contributed by atoms with van der Waals surface area (Å²) in [6.45, 7) is 2.03. The minimum atomic E-state index is -3.27. The van der Waals surface area contributed by atoms with E-state index in [4.69, 9.17) is 9.47 Å². The molecule has 4 rings (SSSR count). The monoisotopic (exact) mass is 421 g/mol. The molecule has 0 spiro atoms. The predicted octanol–water partition coefficient (Wildman–Crippen LogP) is 4.03. The van der Waals surface area contributed by atoms with E-state index in [9.17, 15) is 13.6 Å². The van der Waals surface area contributed by atoms with Gasteiger partial charge in [-0.15, -0.1) is 0 Å². The van der Waals surface area contributed by atoms with Crippen LogP contribution in [-0.4, -0.2) is 45.9 Å². The van der Waals surface area contributed by atoms with Crippen molar-refractivity contribution in [2.24, 2.45) is 0 Å². The first-order chi connectivity index (χ1) is 14.3. The van der Waals surface area contributed by atoms with Crippen molar-refractivity contribution in [3.8, 4) is 0 Å². The molecule has 1 amide bonds. The first-order valence-electron chi connectivity index (χ1n) is 10.0. The number of pyridine rings is 1. The lowest BCUT2D eigenvalue weighted by atomic mass is 10.0. The van der Waals surface area contributed by atoms with E-state index in [-0.39, 0.29) is 12.0 Å². The van der Waals surface area contributed by atoms with Crippen LogP contribution < -0.4 is 10.6 Å². The SMILES string of the molecule is C[C@@H]1NC(=O)O[C@@H]2CC[C@@H](C2)c2cc(n[nH]2)Nc2ccnc(c2)[C@@H](C)OCC1(F)F. The van der Waals surface area contributed by atoms with Crippen LogP contribution in [0, 0.1) is 0 Å². The molecule has 10 heteroatoms. The second-order valence-corrected chi connectivity index (χ2v) is 7.92.